The van der Waals surface area contributed by atoms with Crippen molar-refractivity contribution >= 4 is 27.4 Å². The summed E-state index contributed by atoms with van der Waals surface area (Å²) in [5, 5.41) is 1.15. The van der Waals surface area contributed by atoms with E-state index in [0.717, 1.165) is 21.9 Å². The van der Waals surface area contributed by atoms with Gasteiger partial charge in [-0.25, -0.2) is 15.0 Å². The molecule has 1 N–H and O–H groups in total. The molecule has 3 aromatic rings. The predicted molar refractivity (Wildman–Crippen MR) is 77.6 cm³/mol. The number of anilines is 1. The van der Waals surface area contributed by atoms with Crippen LogP contribution in [0.5, 0.6) is 0 Å². The van der Waals surface area contributed by atoms with Crippen molar-refractivity contribution < 1.29 is 0 Å². The second-order valence-corrected chi connectivity index (χ2v) is 5.76. The van der Waals surface area contributed by atoms with Gasteiger partial charge in [0.15, 0.2) is 0 Å². The highest BCUT2D eigenvalue weighted by atomic mass is 32.1. The fourth-order valence-corrected chi connectivity index (χ4v) is 3.13. The number of nitrogens with zero attached hydrogens (tertiary/aromatic N) is 4. The average Bonchev–Trinajstić information content (AvgIpc) is 2.99. The molecule has 0 aliphatic heterocycles. The van der Waals surface area contributed by atoms with Crippen LogP contribution in [0.15, 0.2) is 18.7 Å². The lowest BCUT2D eigenvalue weighted by molar-refractivity contribution is 0.845. The third kappa shape index (κ3) is 2.08. The van der Waals surface area contributed by atoms with E-state index in [1.807, 2.05) is 13.2 Å². The van der Waals surface area contributed by atoms with Gasteiger partial charge in [0.25, 0.3) is 0 Å². The Morgan fingerprint density at radius 3 is 2.84 bits per heavy atom. The highest BCUT2D eigenvalue weighted by Crippen LogP contribution is 2.33. The van der Waals surface area contributed by atoms with Crippen molar-refractivity contribution in [3.05, 3.63) is 35.0 Å². The normalized spacial score (nSPS) is 11.1. The topological polar surface area (TPSA) is 57.7 Å². The molecule has 0 unspecified atom stereocenters. The van der Waals surface area contributed by atoms with Gasteiger partial charge in [0, 0.05) is 24.3 Å². The summed E-state index contributed by atoms with van der Waals surface area (Å²) in [6.07, 6.45) is 5.23. The first-order valence-corrected chi connectivity index (χ1v) is 6.88. The summed E-state index contributed by atoms with van der Waals surface area (Å²) in [5.41, 5.74) is 1.27. The molecule has 0 aliphatic rings. The SMILES string of the molecule is Cc1sc2ncnc(N(C)Cc3ncc[nH]3)c2c1C. The van der Waals surface area contributed by atoms with Crippen LogP contribution in [0.2, 0.25) is 0 Å². The summed E-state index contributed by atoms with van der Waals surface area (Å²) >= 11 is 1.72. The smallest absolute Gasteiger partial charge is 0.141 e. The molecular weight excluding hydrogens is 258 g/mol. The van der Waals surface area contributed by atoms with Gasteiger partial charge in [0.1, 0.15) is 22.8 Å². The summed E-state index contributed by atoms with van der Waals surface area (Å²) in [6, 6.07) is 0. The molecule has 0 aliphatic carbocycles. The number of hydrogen-bond acceptors (Lipinski definition) is 5. The Morgan fingerprint density at radius 2 is 2.11 bits per heavy atom. The van der Waals surface area contributed by atoms with Crippen LogP contribution >= 0.6 is 11.3 Å². The summed E-state index contributed by atoms with van der Waals surface area (Å²) in [4.78, 5) is 20.6. The first-order chi connectivity index (χ1) is 9.16. The van der Waals surface area contributed by atoms with E-state index < -0.39 is 0 Å². The minimum absolute atomic E-state index is 0.702. The zero-order valence-electron chi connectivity index (χ0n) is 11.1. The fourth-order valence-electron chi connectivity index (χ4n) is 2.14. The van der Waals surface area contributed by atoms with Gasteiger partial charge in [-0.05, 0) is 19.4 Å². The molecule has 0 bridgehead atoms. The van der Waals surface area contributed by atoms with Gasteiger partial charge in [-0.15, -0.1) is 11.3 Å². The molecule has 19 heavy (non-hydrogen) atoms. The number of H-pyrrole nitrogens is 1. The molecule has 98 valence electrons. The maximum absolute atomic E-state index is 4.44. The number of aromatic amines is 1. The van der Waals surface area contributed by atoms with E-state index in [9.17, 15) is 0 Å². The monoisotopic (exact) mass is 273 g/mol. The molecule has 0 atom stereocenters. The second kappa shape index (κ2) is 4.62. The number of hydrogen-bond donors (Lipinski definition) is 1. The largest absolute Gasteiger partial charge is 0.352 e. The van der Waals surface area contributed by atoms with Gasteiger partial charge in [0.05, 0.1) is 11.9 Å². The van der Waals surface area contributed by atoms with Crippen LogP contribution in [0.25, 0.3) is 10.2 Å². The Labute approximate surface area is 115 Å². The Morgan fingerprint density at radius 1 is 1.26 bits per heavy atom. The standard InChI is InChI=1S/C13H15N5S/c1-8-9(2)19-13-11(8)12(16-7-17-13)18(3)6-10-14-4-5-15-10/h4-5,7H,6H2,1-3H3,(H,14,15). The number of nitrogens with one attached hydrogen (secondary N) is 1. The Balaban J connectivity index is 2.04. The number of rotatable bonds is 3. The second-order valence-electron chi connectivity index (χ2n) is 4.55. The van der Waals surface area contributed by atoms with E-state index in [-0.39, 0.29) is 0 Å². The molecule has 0 fully saturated rings. The van der Waals surface area contributed by atoms with E-state index in [2.05, 4.69) is 38.7 Å². The van der Waals surface area contributed by atoms with Crippen molar-refractivity contribution in [1.29, 1.82) is 0 Å². The Bertz CT molecular complexity index is 701. The number of thiophene rings is 1. The third-order valence-electron chi connectivity index (χ3n) is 3.25. The Hall–Kier alpha value is -1.95. The van der Waals surface area contributed by atoms with Crippen molar-refractivity contribution in [3.8, 4) is 0 Å². The highest BCUT2D eigenvalue weighted by Gasteiger charge is 2.15. The van der Waals surface area contributed by atoms with Gasteiger partial charge in [-0.3, -0.25) is 0 Å². The molecule has 0 radical (unpaired) electrons. The first kappa shape index (κ1) is 12.1. The molecule has 3 rings (SSSR count). The number of fused-ring (bicyclic) bond motifs is 1. The van der Waals surface area contributed by atoms with Crippen molar-refractivity contribution in [2.24, 2.45) is 0 Å². The lowest BCUT2D eigenvalue weighted by Crippen LogP contribution is -2.19. The van der Waals surface area contributed by atoms with Gasteiger partial charge >= 0.3 is 0 Å². The maximum Gasteiger partial charge on any atom is 0.141 e. The van der Waals surface area contributed by atoms with Crippen LogP contribution in [0.1, 0.15) is 16.3 Å². The van der Waals surface area contributed by atoms with Crippen molar-refractivity contribution in [2.75, 3.05) is 11.9 Å². The minimum Gasteiger partial charge on any atom is -0.352 e. The first-order valence-electron chi connectivity index (χ1n) is 6.07. The van der Waals surface area contributed by atoms with Crippen LogP contribution in [-0.2, 0) is 6.54 Å². The molecule has 6 heteroatoms. The van der Waals surface area contributed by atoms with Gasteiger partial charge in [-0.1, -0.05) is 0 Å². The van der Waals surface area contributed by atoms with Crippen LogP contribution < -0.4 is 4.90 Å². The zero-order valence-corrected chi connectivity index (χ0v) is 12.0. The van der Waals surface area contributed by atoms with Crippen molar-refractivity contribution in [3.63, 3.8) is 0 Å². The van der Waals surface area contributed by atoms with Crippen LogP contribution in [0.3, 0.4) is 0 Å². The maximum atomic E-state index is 4.44. The minimum atomic E-state index is 0.702. The van der Waals surface area contributed by atoms with Crippen LogP contribution in [0, 0.1) is 13.8 Å². The number of imidazole rings is 1. The highest BCUT2D eigenvalue weighted by molar-refractivity contribution is 7.18. The molecule has 5 nitrogen and oxygen atoms in total. The molecule has 0 amide bonds. The van der Waals surface area contributed by atoms with E-state index >= 15 is 0 Å². The van der Waals surface area contributed by atoms with E-state index in [0.29, 0.717) is 6.54 Å². The quantitative estimate of drug-likeness (QED) is 0.797. The summed E-state index contributed by atoms with van der Waals surface area (Å²) in [6.45, 7) is 4.95. The average molecular weight is 273 g/mol. The lowest BCUT2D eigenvalue weighted by atomic mass is 10.2. The van der Waals surface area contributed by atoms with E-state index in [4.69, 9.17) is 0 Å². The molecular formula is C13H15N5S. The molecule has 0 aromatic carbocycles. The summed E-state index contributed by atoms with van der Waals surface area (Å²) in [7, 11) is 2.02. The molecule has 3 aromatic heterocycles. The molecule has 0 saturated carbocycles. The van der Waals surface area contributed by atoms with Gasteiger partial charge < -0.3 is 9.88 Å². The number of aromatic nitrogens is 4. The van der Waals surface area contributed by atoms with Crippen LogP contribution in [0.4, 0.5) is 5.82 Å². The molecule has 0 saturated heterocycles. The molecule has 3 heterocycles. The Kier molecular flexibility index (Phi) is 2.94. The summed E-state index contributed by atoms with van der Waals surface area (Å²) in [5.74, 6) is 1.89. The van der Waals surface area contributed by atoms with E-state index in [1.165, 1.54) is 10.4 Å². The van der Waals surface area contributed by atoms with Crippen LogP contribution in [-0.4, -0.2) is 27.0 Å². The van der Waals surface area contributed by atoms with Gasteiger partial charge in [0.2, 0.25) is 0 Å². The molecule has 0 spiro atoms. The van der Waals surface area contributed by atoms with Crippen molar-refractivity contribution in [1.82, 2.24) is 19.9 Å². The van der Waals surface area contributed by atoms with E-state index in [1.54, 1.807) is 23.9 Å². The zero-order chi connectivity index (χ0) is 13.4. The van der Waals surface area contributed by atoms with Crippen molar-refractivity contribution in [2.45, 2.75) is 20.4 Å². The predicted octanol–water partition coefficient (Wildman–Crippen LogP) is 2.67. The fraction of sp³-hybridized carbons (Fsp3) is 0.308. The lowest BCUT2D eigenvalue weighted by Gasteiger charge is -2.17. The third-order valence-corrected chi connectivity index (χ3v) is 4.36. The summed E-state index contributed by atoms with van der Waals surface area (Å²) < 4.78 is 0. The number of aryl methyl sites for hydroxylation is 2. The van der Waals surface area contributed by atoms with Gasteiger partial charge in [-0.2, -0.15) is 0 Å².